The fraction of sp³-hybridized carbons (Fsp3) is 0.167. The number of carboxylic acids is 1. The first kappa shape index (κ1) is 19.2. The second-order valence-corrected chi connectivity index (χ2v) is 5.50. The van der Waals surface area contributed by atoms with Gasteiger partial charge in [-0.1, -0.05) is 30.3 Å². The Labute approximate surface area is 146 Å². The quantitative estimate of drug-likeness (QED) is 0.797. The van der Waals surface area contributed by atoms with E-state index >= 15 is 0 Å². The minimum atomic E-state index is -4.59. The molecule has 2 aromatic rings. The molecule has 1 unspecified atom stereocenters. The molecule has 0 aliphatic heterocycles. The molecule has 0 aliphatic carbocycles. The summed E-state index contributed by atoms with van der Waals surface area (Å²) < 4.78 is 38.4. The number of carbonyl (C=O) groups is 3. The average Bonchev–Trinajstić information content (AvgIpc) is 2.58. The van der Waals surface area contributed by atoms with Gasteiger partial charge in [0.1, 0.15) is 0 Å². The van der Waals surface area contributed by atoms with Crippen LogP contribution in [0.25, 0.3) is 0 Å². The van der Waals surface area contributed by atoms with Gasteiger partial charge in [-0.25, -0.2) is 4.79 Å². The molecule has 0 aliphatic rings. The number of halogens is 3. The maximum absolute atomic E-state index is 12.8. The molecule has 1 atom stereocenters. The molecular weight excluding hydrogens is 351 g/mol. The number of hydrogen-bond acceptors (Lipinski definition) is 3. The molecule has 2 aromatic carbocycles. The van der Waals surface area contributed by atoms with E-state index in [4.69, 9.17) is 0 Å². The highest BCUT2D eigenvalue weighted by molar-refractivity contribution is 6.09. The van der Waals surface area contributed by atoms with E-state index in [1.807, 2.05) is 0 Å². The van der Waals surface area contributed by atoms with Gasteiger partial charge in [0.25, 0.3) is 0 Å². The van der Waals surface area contributed by atoms with Crippen LogP contribution in [0.15, 0.2) is 48.5 Å². The third-order valence-electron chi connectivity index (χ3n) is 3.53. The van der Waals surface area contributed by atoms with E-state index in [1.165, 1.54) is 30.3 Å². The fourth-order valence-electron chi connectivity index (χ4n) is 2.35. The number of carbonyl (C=O) groups excluding carboxylic acids is 2. The predicted molar refractivity (Wildman–Crippen MR) is 85.5 cm³/mol. The highest BCUT2D eigenvalue weighted by Gasteiger charge is 2.31. The number of rotatable bonds is 5. The van der Waals surface area contributed by atoms with Crippen molar-refractivity contribution >= 4 is 17.7 Å². The second kappa shape index (κ2) is 7.38. The van der Waals surface area contributed by atoms with E-state index < -0.39 is 35.4 Å². The van der Waals surface area contributed by atoms with E-state index in [-0.39, 0.29) is 16.7 Å². The maximum atomic E-state index is 12.8. The van der Waals surface area contributed by atoms with Crippen LogP contribution in [0.5, 0.6) is 0 Å². The Morgan fingerprint density at radius 1 is 1.00 bits per heavy atom. The molecule has 136 valence electrons. The van der Waals surface area contributed by atoms with E-state index in [0.29, 0.717) is 0 Å². The van der Waals surface area contributed by atoms with E-state index in [2.05, 4.69) is 5.32 Å². The second-order valence-electron chi connectivity index (χ2n) is 5.50. The van der Waals surface area contributed by atoms with Crippen molar-refractivity contribution in [2.45, 2.75) is 19.1 Å². The van der Waals surface area contributed by atoms with Gasteiger partial charge in [0.15, 0.2) is 11.8 Å². The lowest BCUT2D eigenvalue weighted by Gasteiger charge is -2.14. The Balaban J connectivity index is 2.39. The van der Waals surface area contributed by atoms with Gasteiger partial charge in [0, 0.05) is 18.1 Å². The molecule has 0 bridgehead atoms. The number of alkyl halides is 3. The van der Waals surface area contributed by atoms with Gasteiger partial charge < -0.3 is 10.4 Å². The van der Waals surface area contributed by atoms with Crippen LogP contribution in [0.1, 0.15) is 40.0 Å². The fourth-order valence-corrected chi connectivity index (χ4v) is 2.35. The number of carboxylic acid groups (broad SMARTS) is 1. The number of ketones is 1. The van der Waals surface area contributed by atoms with Crippen LogP contribution in [0.3, 0.4) is 0 Å². The zero-order chi connectivity index (χ0) is 19.5. The molecule has 0 spiro atoms. The zero-order valence-corrected chi connectivity index (χ0v) is 13.5. The van der Waals surface area contributed by atoms with Gasteiger partial charge in [-0.15, -0.1) is 0 Å². The van der Waals surface area contributed by atoms with E-state index in [9.17, 15) is 32.7 Å². The summed E-state index contributed by atoms with van der Waals surface area (Å²) in [6.45, 7) is 1.15. The molecule has 0 heterocycles. The summed E-state index contributed by atoms with van der Waals surface area (Å²) >= 11 is 0. The number of benzene rings is 2. The van der Waals surface area contributed by atoms with Crippen molar-refractivity contribution in [3.8, 4) is 0 Å². The minimum Gasteiger partial charge on any atom is -0.479 e. The Morgan fingerprint density at radius 3 is 2.12 bits per heavy atom. The SMILES string of the molecule is CC(=O)NC(C(=O)O)c1cccc(C(=O)c2cccc(C(F)(F)F)c2)c1. The number of hydrogen-bond donors (Lipinski definition) is 2. The number of aliphatic carboxylic acids is 1. The molecule has 0 fully saturated rings. The van der Waals surface area contributed by atoms with Crippen LogP contribution in [-0.4, -0.2) is 22.8 Å². The molecular formula is C18H14F3NO4. The highest BCUT2D eigenvalue weighted by atomic mass is 19.4. The third-order valence-corrected chi connectivity index (χ3v) is 3.53. The molecule has 0 saturated carbocycles. The van der Waals surface area contributed by atoms with Crippen molar-refractivity contribution in [3.63, 3.8) is 0 Å². The van der Waals surface area contributed by atoms with Crippen molar-refractivity contribution in [2.75, 3.05) is 0 Å². The molecule has 2 N–H and O–H groups in total. The van der Waals surface area contributed by atoms with Crippen molar-refractivity contribution in [1.82, 2.24) is 5.32 Å². The van der Waals surface area contributed by atoms with Crippen molar-refractivity contribution in [3.05, 3.63) is 70.8 Å². The molecule has 2 rings (SSSR count). The lowest BCUT2D eigenvalue weighted by molar-refractivity contribution is -0.141. The van der Waals surface area contributed by atoms with Crippen LogP contribution >= 0.6 is 0 Å². The standard InChI is InChI=1S/C18H14F3NO4/c1-10(23)22-15(17(25)26)11-4-2-5-12(8-11)16(24)13-6-3-7-14(9-13)18(19,20)21/h2-9,15H,1H3,(H,22,23)(H,25,26). The molecule has 5 nitrogen and oxygen atoms in total. The summed E-state index contributed by atoms with van der Waals surface area (Å²) in [5, 5.41) is 11.5. The summed E-state index contributed by atoms with van der Waals surface area (Å²) in [6.07, 6.45) is -4.59. The van der Waals surface area contributed by atoms with Crippen LogP contribution < -0.4 is 5.32 Å². The van der Waals surface area contributed by atoms with E-state index in [1.54, 1.807) is 0 Å². The number of nitrogens with one attached hydrogen (secondary N) is 1. The van der Waals surface area contributed by atoms with Crippen LogP contribution in [0.4, 0.5) is 13.2 Å². The van der Waals surface area contributed by atoms with Crippen molar-refractivity contribution in [2.24, 2.45) is 0 Å². The normalized spacial score (nSPS) is 12.3. The molecule has 0 aromatic heterocycles. The summed E-state index contributed by atoms with van der Waals surface area (Å²) in [5.74, 6) is -2.60. The third kappa shape index (κ3) is 4.47. The summed E-state index contributed by atoms with van der Waals surface area (Å²) in [5.41, 5.74) is -0.992. The molecule has 0 radical (unpaired) electrons. The van der Waals surface area contributed by atoms with Crippen LogP contribution in [0.2, 0.25) is 0 Å². The highest BCUT2D eigenvalue weighted by Crippen LogP contribution is 2.30. The molecule has 0 saturated heterocycles. The van der Waals surface area contributed by atoms with Crippen molar-refractivity contribution in [1.29, 1.82) is 0 Å². The first-order chi connectivity index (χ1) is 12.1. The molecule has 26 heavy (non-hydrogen) atoms. The predicted octanol–water partition coefficient (Wildman–Crippen LogP) is 3.20. The summed E-state index contributed by atoms with van der Waals surface area (Å²) in [4.78, 5) is 35.0. The first-order valence-corrected chi connectivity index (χ1v) is 7.41. The smallest absolute Gasteiger partial charge is 0.416 e. The largest absolute Gasteiger partial charge is 0.479 e. The molecule has 8 heteroatoms. The zero-order valence-electron chi connectivity index (χ0n) is 13.5. The number of amides is 1. The van der Waals surface area contributed by atoms with Gasteiger partial charge in [0.2, 0.25) is 5.91 Å². The summed E-state index contributed by atoms with van der Waals surface area (Å²) in [7, 11) is 0. The minimum absolute atomic E-state index is 0.0124. The van der Waals surface area contributed by atoms with Gasteiger partial charge >= 0.3 is 12.1 Å². The van der Waals surface area contributed by atoms with Gasteiger partial charge in [-0.05, 0) is 23.8 Å². The van der Waals surface area contributed by atoms with Crippen LogP contribution in [0, 0.1) is 0 Å². The lowest BCUT2D eigenvalue weighted by atomic mass is 9.97. The monoisotopic (exact) mass is 365 g/mol. The Kier molecular flexibility index (Phi) is 5.44. The van der Waals surface area contributed by atoms with Gasteiger partial charge in [-0.3, -0.25) is 9.59 Å². The van der Waals surface area contributed by atoms with Gasteiger partial charge in [-0.2, -0.15) is 13.2 Å². The topological polar surface area (TPSA) is 83.5 Å². The Hall–Kier alpha value is -3.16. The Morgan fingerprint density at radius 2 is 1.58 bits per heavy atom. The van der Waals surface area contributed by atoms with Crippen LogP contribution in [-0.2, 0) is 15.8 Å². The Bertz CT molecular complexity index is 862. The maximum Gasteiger partial charge on any atom is 0.416 e. The lowest BCUT2D eigenvalue weighted by Crippen LogP contribution is -2.32. The average molecular weight is 365 g/mol. The first-order valence-electron chi connectivity index (χ1n) is 7.41. The van der Waals surface area contributed by atoms with Gasteiger partial charge in [0.05, 0.1) is 5.56 Å². The van der Waals surface area contributed by atoms with E-state index in [0.717, 1.165) is 25.1 Å². The molecule has 1 amide bonds. The van der Waals surface area contributed by atoms with Crippen molar-refractivity contribution < 1.29 is 32.7 Å². The summed E-state index contributed by atoms with van der Waals surface area (Å²) in [6, 6.07) is 7.97.